The largest absolute Gasteiger partial charge is 0.462 e. The molecule has 0 fully saturated rings. The van der Waals surface area contributed by atoms with Crippen LogP contribution in [0, 0.1) is 6.92 Å². The highest BCUT2D eigenvalue weighted by Gasteiger charge is 2.31. The summed E-state index contributed by atoms with van der Waals surface area (Å²) in [4.78, 5) is 24.2. The lowest BCUT2D eigenvalue weighted by atomic mass is 10.0. The van der Waals surface area contributed by atoms with Gasteiger partial charge in [-0.1, -0.05) is 6.07 Å². The fourth-order valence-electron chi connectivity index (χ4n) is 2.33. The number of hydrogen-bond acceptors (Lipinski definition) is 3. The molecular weight excluding hydrogens is 299 g/mol. The Balaban J connectivity index is 2.87. The molecule has 7 heteroatoms. The zero-order valence-corrected chi connectivity index (χ0v) is 12.2. The fourth-order valence-corrected chi connectivity index (χ4v) is 2.33. The third-order valence-corrected chi connectivity index (χ3v) is 3.44. The average Bonchev–Trinajstić information content (AvgIpc) is 2.44. The number of carbonyl (C=O) groups excluding carboxylic acids is 1. The lowest BCUT2D eigenvalue weighted by Gasteiger charge is -2.14. The van der Waals surface area contributed by atoms with Crippen LogP contribution in [0.4, 0.5) is 13.2 Å². The molecule has 0 saturated heterocycles. The molecule has 0 aliphatic rings. The van der Waals surface area contributed by atoms with E-state index in [0.717, 1.165) is 16.7 Å². The van der Waals surface area contributed by atoms with Crippen molar-refractivity contribution < 1.29 is 22.7 Å². The molecule has 2 aromatic rings. The van der Waals surface area contributed by atoms with Gasteiger partial charge in [-0.3, -0.25) is 4.79 Å². The molecule has 2 rings (SSSR count). The van der Waals surface area contributed by atoms with Gasteiger partial charge >= 0.3 is 12.1 Å². The number of alkyl halides is 3. The van der Waals surface area contributed by atoms with Gasteiger partial charge in [0.05, 0.1) is 23.3 Å². The van der Waals surface area contributed by atoms with Crippen molar-refractivity contribution in [3.63, 3.8) is 0 Å². The second kappa shape index (κ2) is 5.47. The second-order valence-electron chi connectivity index (χ2n) is 4.81. The number of hydrogen-bond donors (Lipinski definition) is 0. The van der Waals surface area contributed by atoms with Crippen LogP contribution in [0.3, 0.4) is 0 Å². The fraction of sp³-hybridized carbons (Fsp3) is 0.333. The van der Waals surface area contributed by atoms with E-state index in [2.05, 4.69) is 0 Å². The van der Waals surface area contributed by atoms with E-state index in [4.69, 9.17) is 4.74 Å². The number of esters is 1. The summed E-state index contributed by atoms with van der Waals surface area (Å²) in [7, 11) is 1.37. The van der Waals surface area contributed by atoms with Crippen LogP contribution in [0.25, 0.3) is 10.9 Å². The Morgan fingerprint density at radius 1 is 1.32 bits per heavy atom. The number of fused-ring (bicyclic) bond motifs is 1. The van der Waals surface area contributed by atoms with Crippen LogP contribution in [0.1, 0.15) is 28.4 Å². The first-order valence-corrected chi connectivity index (χ1v) is 6.56. The summed E-state index contributed by atoms with van der Waals surface area (Å²) in [5.41, 5.74) is -1.22. The number of ether oxygens (including phenoxy) is 1. The second-order valence-corrected chi connectivity index (χ2v) is 4.81. The molecular formula is C15H14F3NO3. The van der Waals surface area contributed by atoms with E-state index in [1.165, 1.54) is 20.0 Å². The monoisotopic (exact) mass is 313 g/mol. The molecule has 118 valence electrons. The first kappa shape index (κ1) is 16.1. The molecule has 4 nitrogen and oxygen atoms in total. The van der Waals surface area contributed by atoms with Crippen molar-refractivity contribution in [2.75, 3.05) is 6.61 Å². The molecule has 0 unspecified atom stereocenters. The first-order valence-electron chi connectivity index (χ1n) is 6.56. The maximum atomic E-state index is 12.8. The quantitative estimate of drug-likeness (QED) is 0.801. The Morgan fingerprint density at radius 2 is 1.95 bits per heavy atom. The molecule has 1 heterocycles. The van der Waals surface area contributed by atoms with Crippen molar-refractivity contribution in [1.82, 2.24) is 4.57 Å². The zero-order valence-electron chi connectivity index (χ0n) is 12.2. The standard InChI is InChI=1S/C15H14F3NO3/c1-4-22-14(21)12-8(2)13(20)19(3)11-7-9(15(16,17)18)5-6-10(11)12/h5-7H,4H2,1-3H3. The molecule has 0 spiro atoms. The van der Waals surface area contributed by atoms with Gasteiger partial charge in [-0.2, -0.15) is 13.2 Å². The van der Waals surface area contributed by atoms with E-state index >= 15 is 0 Å². The van der Waals surface area contributed by atoms with Crippen molar-refractivity contribution in [3.8, 4) is 0 Å². The molecule has 0 radical (unpaired) electrons. The number of carbonyl (C=O) groups is 1. The maximum absolute atomic E-state index is 12.8. The highest BCUT2D eigenvalue weighted by Crippen LogP contribution is 2.32. The number of aromatic nitrogens is 1. The van der Waals surface area contributed by atoms with Gasteiger partial charge in [-0.05, 0) is 26.0 Å². The number of aryl methyl sites for hydroxylation is 1. The molecule has 0 aliphatic heterocycles. The number of benzene rings is 1. The maximum Gasteiger partial charge on any atom is 0.416 e. The number of halogens is 3. The summed E-state index contributed by atoms with van der Waals surface area (Å²) in [6, 6.07) is 2.94. The van der Waals surface area contributed by atoms with E-state index in [1.807, 2.05) is 0 Å². The van der Waals surface area contributed by atoms with Crippen LogP contribution in [0.15, 0.2) is 23.0 Å². The first-order chi connectivity index (χ1) is 10.2. The molecule has 0 bridgehead atoms. The lowest BCUT2D eigenvalue weighted by molar-refractivity contribution is -0.137. The highest BCUT2D eigenvalue weighted by molar-refractivity contribution is 6.04. The van der Waals surface area contributed by atoms with E-state index in [0.29, 0.717) is 0 Å². The van der Waals surface area contributed by atoms with Gasteiger partial charge in [-0.25, -0.2) is 4.79 Å². The Labute approximate surface area is 124 Å². The normalized spacial score (nSPS) is 11.7. The Kier molecular flexibility index (Phi) is 4.00. The minimum Gasteiger partial charge on any atom is -0.462 e. The van der Waals surface area contributed by atoms with Crippen LogP contribution < -0.4 is 5.56 Å². The van der Waals surface area contributed by atoms with E-state index < -0.39 is 23.3 Å². The van der Waals surface area contributed by atoms with Gasteiger partial charge in [-0.15, -0.1) is 0 Å². The van der Waals surface area contributed by atoms with E-state index in [9.17, 15) is 22.8 Å². The number of pyridine rings is 1. The molecule has 1 aromatic heterocycles. The topological polar surface area (TPSA) is 48.3 Å². The van der Waals surface area contributed by atoms with Crippen LogP contribution in [0.2, 0.25) is 0 Å². The van der Waals surface area contributed by atoms with Crippen molar-refractivity contribution in [1.29, 1.82) is 0 Å². The minimum absolute atomic E-state index is 0.00803. The zero-order chi connectivity index (χ0) is 16.7. The Morgan fingerprint density at radius 3 is 2.50 bits per heavy atom. The molecule has 0 N–H and O–H groups in total. The molecule has 0 aliphatic carbocycles. The van der Waals surface area contributed by atoms with Crippen LogP contribution in [-0.2, 0) is 18.0 Å². The molecule has 22 heavy (non-hydrogen) atoms. The van der Waals surface area contributed by atoms with Crippen LogP contribution in [0.5, 0.6) is 0 Å². The molecule has 0 amide bonds. The highest BCUT2D eigenvalue weighted by atomic mass is 19.4. The van der Waals surface area contributed by atoms with Crippen LogP contribution >= 0.6 is 0 Å². The average molecular weight is 313 g/mol. The molecule has 0 atom stereocenters. The number of rotatable bonds is 2. The summed E-state index contributed by atoms with van der Waals surface area (Å²) in [5.74, 6) is -0.720. The van der Waals surface area contributed by atoms with Crippen molar-refractivity contribution in [3.05, 3.63) is 45.2 Å². The van der Waals surface area contributed by atoms with Gasteiger partial charge in [0, 0.05) is 18.0 Å². The molecule has 1 aromatic carbocycles. The lowest BCUT2D eigenvalue weighted by Crippen LogP contribution is -2.24. The van der Waals surface area contributed by atoms with Crippen molar-refractivity contribution in [2.45, 2.75) is 20.0 Å². The van der Waals surface area contributed by atoms with Gasteiger partial charge in [0.15, 0.2) is 0 Å². The van der Waals surface area contributed by atoms with Crippen molar-refractivity contribution in [2.24, 2.45) is 7.05 Å². The van der Waals surface area contributed by atoms with Crippen LogP contribution in [-0.4, -0.2) is 17.1 Å². The summed E-state index contributed by atoms with van der Waals surface area (Å²) >= 11 is 0. The summed E-state index contributed by atoms with van der Waals surface area (Å²) in [5, 5.41) is 0.256. The number of nitrogens with zero attached hydrogens (tertiary/aromatic N) is 1. The van der Waals surface area contributed by atoms with Gasteiger partial charge in [0.2, 0.25) is 0 Å². The predicted molar refractivity (Wildman–Crippen MR) is 74.9 cm³/mol. The summed E-state index contributed by atoms with van der Waals surface area (Å²) < 4.78 is 44.5. The van der Waals surface area contributed by atoms with Crippen molar-refractivity contribution >= 4 is 16.9 Å². The van der Waals surface area contributed by atoms with E-state index in [-0.39, 0.29) is 28.6 Å². The predicted octanol–water partition coefficient (Wildman–Crippen LogP) is 3.04. The molecule has 0 saturated carbocycles. The van der Waals surface area contributed by atoms with Gasteiger partial charge < -0.3 is 9.30 Å². The Hall–Kier alpha value is -2.31. The van der Waals surface area contributed by atoms with Gasteiger partial charge in [0.25, 0.3) is 5.56 Å². The van der Waals surface area contributed by atoms with Gasteiger partial charge in [0.1, 0.15) is 0 Å². The third kappa shape index (κ3) is 2.58. The minimum atomic E-state index is -4.53. The smallest absolute Gasteiger partial charge is 0.416 e. The summed E-state index contributed by atoms with van der Waals surface area (Å²) in [6.07, 6.45) is -4.53. The third-order valence-electron chi connectivity index (χ3n) is 3.44. The SMILES string of the molecule is CCOC(=O)c1c(C)c(=O)n(C)c2cc(C(F)(F)F)ccc12. The van der Waals surface area contributed by atoms with E-state index in [1.54, 1.807) is 6.92 Å². The summed E-state index contributed by atoms with van der Waals surface area (Å²) in [6.45, 7) is 3.17. The Bertz CT molecular complexity index is 806.